The van der Waals surface area contributed by atoms with Gasteiger partial charge in [0.05, 0.1) is 0 Å². The van der Waals surface area contributed by atoms with Crippen molar-refractivity contribution in [2.24, 2.45) is 0 Å². The van der Waals surface area contributed by atoms with Gasteiger partial charge in [-0.2, -0.15) is 35.4 Å². The first-order chi connectivity index (χ1) is 7.62. The van der Waals surface area contributed by atoms with Crippen LogP contribution in [0.4, 0.5) is 0 Å². The largest absolute Gasteiger partial charge is 2.00 e. The van der Waals surface area contributed by atoms with Gasteiger partial charge in [0.25, 0.3) is 6.47 Å². The summed E-state index contributed by atoms with van der Waals surface area (Å²) in [5.41, 5.74) is 3.17. The Labute approximate surface area is 143 Å². The minimum atomic E-state index is -0.250. The molecule has 0 spiro atoms. The van der Waals surface area contributed by atoms with Crippen LogP contribution < -0.4 is 17.0 Å². The maximum absolute atomic E-state index is 8.36. The van der Waals surface area contributed by atoms with E-state index in [1.807, 2.05) is 0 Å². The number of hydrogen-bond acceptors (Lipinski definition) is 1. The summed E-state index contributed by atoms with van der Waals surface area (Å²) in [7, 11) is 0. The smallest absolute Gasteiger partial charge is 1.00 e. The van der Waals surface area contributed by atoms with E-state index < -0.39 is 0 Å². The van der Waals surface area contributed by atoms with Gasteiger partial charge >= 0.3 is 23.1 Å². The molecule has 0 amide bonds. The molecule has 0 saturated heterocycles. The molecule has 0 heterocycles. The van der Waals surface area contributed by atoms with Gasteiger partial charge in [-0.25, -0.2) is 0 Å². The van der Waals surface area contributed by atoms with E-state index in [4.69, 9.17) is 9.90 Å². The Morgan fingerprint density at radius 3 is 1.47 bits per heavy atom. The van der Waals surface area contributed by atoms with E-state index >= 15 is 0 Å². The van der Waals surface area contributed by atoms with Crippen LogP contribution >= 0.6 is 0 Å². The second kappa shape index (κ2) is 9.78. The third-order valence-corrected chi connectivity index (χ3v) is 2.52. The summed E-state index contributed by atoms with van der Waals surface area (Å²) < 4.78 is 0. The molecule has 4 heteroatoms. The molecule has 0 fully saturated rings. The van der Waals surface area contributed by atoms with Gasteiger partial charge in [0.15, 0.2) is 0 Å². The molecule has 0 aliphatic heterocycles. The van der Waals surface area contributed by atoms with Gasteiger partial charge in [-0.15, -0.1) is 0 Å². The first-order valence-electron chi connectivity index (χ1n) is 5.73. The van der Waals surface area contributed by atoms with Crippen molar-refractivity contribution in [2.75, 3.05) is 0 Å². The van der Waals surface area contributed by atoms with Crippen molar-refractivity contribution in [1.29, 1.82) is 0 Å². The minimum absolute atomic E-state index is 0. The van der Waals surface area contributed by atoms with Crippen LogP contribution in [0, 0.1) is 6.07 Å². The monoisotopic (exact) mass is 338 g/mol. The van der Waals surface area contributed by atoms with Crippen molar-refractivity contribution in [1.82, 2.24) is 0 Å². The topological polar surface area (TPSA) is 37.3 Å². The first-order valence-corrected chi connectivity index (χ1v) is 5.73. The van der Waals surface area contributed by atoms with Crippen LogP contribution in [-0.2, 0) is 15.6 Å². The van der Waals surface area contributed by atoms with Crippen molar-refractivity contribution in [2.45, 2.75) is 52.4 Å². The molecule has 104 valence electrons. The fourth-order valence-electron chi connectivity index (χ4n) is 1.34. The zero-order valence-electron chi connectivity index (χ0n) is 12.7. The Balaban J connectivity index is -0.000000468. The molecule has 0 atom stereocenters. The number of carbonyl (C=O) groups is 1. The molecule has 2 nitrogen and oxygen atoms in total. The molecule has 0 aliphatic carbocycles. The zero-order chi connectivity index (χ0) is 13.7. The Morgan fingerprint density at radius 1 is 1.00 bits per heavy atom. The van der Waals surface area contributed by atoms with E-state index in [1.165, 1.54) is 11.1 Å². The average Bonchev–Trinajstić information content (AvgIpc) is 2.16. The summed E-state index contributed by atoms with van der Waals surface area (Å²) in [6, 6.07) is 9.73. The fourth-order valence-corrected chi connectivity index (χ4v) is 1.34. The van der Waals surface area contributed by atoms with Gasteiger partial charge in [-0.1, -0.05) is 52.4 Å². The van der Waals surface area contributed by atoms with Gasteiger partial charge < -0.3 is 22.1 Å². The summed E-state index contributed by atoms with van der Waals surface area (Å²) >= 11 is 0. The molecular weight excluding hydrogens is 316 g/mol. The molecule has 1 aromatic carbocycles. The molecular formula is C15H23BrMgO2. The van der Waals surface area contributed by atoms with Gasteiger partial charge in [0, 0.05) is 0 Å². The minimum Gasteiger partial charge on any atom is -1.00 e. The maximum atomic E-state index is 8.36. The van der Waals surface area contributed by atoms with Crippen LogP contribution in [0.3, 0.4) is 0 Å². The van der Waals surface area contributed by atoms with Crippen molar-refractivity contribution < 1.29 is 26.9 Å². The fraction of sp³-hybridized carbons (Fsp3) is 0.533. The van der Waals surface area contributed by atoms with Gasteiger partial charge in [0.2, 0.25) is 0 Å². The van der Waals surface area contributed by atoms with E-state index in [0.29, 0.717) is 0 Å². The van der Waals surface area contributed by atoms with E-state index in [-0.39, 0.29) is 57.3 Å². The summed E-state index contributed by atoms with van der Waals surface area (Å²) in [6.45, 7) is 13.2. The van der Waals surface area contributed by atoms with Crippen molar-refractivity contribution in [3.05, 3.63) is 35.4 Å². The van der Waals surface area contributed by atoms with E-state index in [2.05, 4.69) is 65.8 Å². The van der Waals surface area contributed by atoms with Gasteiger partial charge in [-0.05, 0) is 0 Å². The molecule has 1 N–H and O–H groups in total. The van der Waals surface area contributed by atoms with Crippen LogP contribution in [0.1, 0.15) is 52.7 Å². The van der Waals surface area contributed by atoms with Gasteiger partial charge in [-0.3, -0.25) is 4.79 Å². The Bertz CT molecular complexity index is 336. The van der Waals surface area contributed by atoms with E-state index in [9.17, 15) is 0 Å². The van der Waals surface area contributed by atoms with Crippen molar-refractivity contribution in [3.8, 4) is 0 Å². The average molecular weight is 340 g/mol. The molecule has 0 unspecified atom stereocenters. The predicted molar refractivity (Wildman–Crippen MR) is 77.1 cm³/mol. The number of carboxylic acid groups (broad SMARTS) is 1. The number of halogens is 1. The predicted octanol–water partition coefficient (Wildman–Crippen LogP) is 0.406. The summed E-state index contributed by atoms with van der Waals surface area (Å²) in [4.78, 5) is 8.36. The SMILES string of the molecule is CC(C)(C)c1c[c-]cc(C(C)(C)C)c1.O=CO.[Br-].[Mg+2]. The quantitative estimate of drug-likeness (QED) is 0.422. The van der Waals surface area contributed by atoms with Crippen LogP contribution in [0.2, 0.25) is 0 Å². The maximum Gasteiger partial charge on any atom is 2.00 e. The molecule has 1 aromatic rings. The summed E-state index contributed by atoms with van der Waals surface area (Å²) in [6.07, 6.45) is 0. The first kappa shape index (κ1) is 24.0. The van der Waals surface area contributed by atoms with Crippen LogP contribution in [0.5, 0.6) is 0 Å². The number of benzene rings is 1. The molecule has 0 aromatic heterocycles. The molecule has 0 radical (unpaired) electrons. The van der Waals surface area contributed by atoms with Crippen molar-refractivity contribution >= 4 is 29.5 Å². The van der Waals surface area contributed by atoms with Crippen LogP contribution in [0.15, 0.2) is 18.2 Å². The standard InChI is InChI=1S/C14H21.CH2O2.BrH.Mg/c1-13(2,3)11-8-7-9-12(10-11)14(4,5)6;2-1-3;;/h8-10H,1-6H3;1H,(H,2,3);1H;/q-1;;;+2/p-1. The molecule has 0 bridgehead atoms. The van der Waals surface area contributed by atoms with E-state index in [0.717, 1.165) is 0 Å². The number of rotatable bonds is 0. The van der Waals surface area contributed by atoms with Crippen molar-refractivity contribution in [3.63, 3.8) is 0 Å². The van der Waals surface area contributed by atoms with Crippen LogP contribution in [0.25, 0.3) is 0 Å². The normalized spacial score (nSPS) is 10.2. The summed E-state index contributed by atoms with van der Waals surface area (Å²) in [5, 5.41) is 6.89. The summed E-state index contributed by atoms with van der Waals surface area (Å²) in [5.74, 6) is 0. The Kier molecular flexibility index (Phi) is 12.3. The molecule has 1 rings (SSSR count). The van der Waals surface area contributed by atoms with E-state index in [1.54, 1.807) is 0 Å². The second-order valence-electron chi connectivity index (χ2n) is 6.12. The molecule has 0 aliphatic rings. The van der Waals surface area contributed by atoms with Gasteiger partial charge in [0.1, 0.15) is 0 Å². The number of hydrogen-bond donors (Lipinski definition) is 1. The Hall–Kier alpha value is -0.0638. The molecule has 0 saturated carbocycles. The molecule has 19 heavy (non-hydrogen) atoms. The third-order valence-electron chi connectivity index (χ3n) is 2.52. The second-order valence-corrected chi connectivity index (χ2v) is 6.12. The van der Waals surface area contributed by atoms with Crippen LogP contribution in [-0.4, -0.2) is 34.6 Å². The Morgan fingerprint density at radius 2 is 1.26 bits per heavy atom. The zero-order valence-corrected chi connectivity index (χ0v) is 15.8. The third kappa shape index (κ3) is 9.47.